The molecule has 1 unspecified atom stereocenters. The molecular formula is C24H30ClFN6O. The zero-order valence-corrected chi connectivity index (χ0v) is 19.6. The van der Waals surface area contributed by atoms with Crippen LogP contribution >= 0.6 is 11.6 Å². The van der Waals surface area contributed by atoms with Crippen LogP contribution in [0.2, 0.25) is 5.02 Å². The lowest BCUT2D eigenvalue weighted by Crippen LogP contribution is -2.50. The molecule has 2 heterocycles. The van der Waals surface area contributed by atoms with Gasteiger partial charge in [-0.3, -0.25) is 4.79 Å². The van der Waals surface area contributed by atoms with Crippen molar-refractivity contribution in [2.75, 3.05) is 17.7 Å². The third-order valence-corrected chi connectivity index (χ3v) is 6.78. The van der Waals surface area contributed by atoms with E-state index < -0.39 is 5.82 Å². The molecule has 0 spiro atoms. The molecule has 176 valence electrons. The highest BCUT2D eigenvalue weighted by atomic mass is 35.5. The van der Waals surface area contributed by atoms with Crippen molar-refractivity contribution in [3.63, 3.8) is 0 Å². The summed E-state index contributed by atoms with van der Waals surface area (Å²) in [5.41, 5.74) is 1.12. The van der Waals surface area contributed by atoms with Crippen molar-refractivity contribution < 1.29 is 9.18 Å². The van der Waals surface area contributed by atoms with Gasteiger partial charge in [-0.15, -0.1) is 0 Å². The number of nitrogens with one attached hydrogen (secondary N) is 3. The molecule has 2 aromatic rings. The van der Waals surface area contributed by atoms with Gasteiger partial charge in [0.2, 0.25) is 5.91 Å². The number of hydrogen-bond donors (Lipinski definition) is 3. The molecule has 4 rings (SSSR count). The number of carbonyl (C=O) groups excluding carboxylic acids is 1. The number of nitrogens with zero attached hydrogens (tertiary/aromatic N) is 3. The maximum atomic E-state index is 14.7. The highest BCUT2D eigenvalue weighted by Gasteiger charge is 2.31. The topological polar surface area (TPSA) is 91.8 Å². The van der Waals surface area contributed by atoms with E-state index in [-0.39, 0.29) is 35.6 Å². The van der Waals surface area contributed by atoms with Gasteiger partial charge in [-0.2, -0.15) is 0 Å². The van der Waals surface area contributed by atoms with E-state index in [0.29, 0.717) is 22.0 Å². The average Bonchev–Trinajstić information content (AvgIpc) is 3.36. The fraction of sp³-hybridized carbons (Fsp3) is 0.500. The van der Waals surface area contributed by atoms with Crippen molar-refractivity contribution in [2.24, 2.45) is 5.92 Å². The Kier molecular flexibility index (Phi) is 7.42. The Morgan fingerprint density at radius 1 is 1.06 bits per heavy atom. The van der Waals surface area contributed by atoms with Gasteiger partial charge in [0.25, 0.3) is 0 Å². The third-order valence-electron chi connectivity index (χ3n) is 6.57. The lowest BCUT2D eigenvalue weighted by atomic mass is 9.89. The summed E-state index contributed by atoms with van der Waals surface area (Å²) >= 11 is 6.12. The number of hydrogen-bond acceptors (Lipinski definition) is 6. The Bertz CT molecular complexity index is 1030. The summed E-state index contributed by atoms with van der Waals surface area (Å²) in [5.74, 6) is 0.642. The van der Waals surface area contributed by atoms with Gasteiger partial charge >= 0.3 is 0 Å². The number of halogens is 2. The predicted octanol–water partition coefficient (Wildman–Crippen LogP) is 4.80. The molecule has 2 fully saturated rings. The largest absolute Gasteiger partial charge is 0.373 e. The first-order valence-corrected chi connectivity index (χ1v) is 12.0. The van der Waals surface area contributed by atoms with Crippen LogP contribution in [0.4, 0.5) is 16.0 Å². The number of amides is 1. The molecule has 2 atom stereocenters. The Hall–Kier alpha value is -2.74. The molecule has 1 amide bonds. The molecule has 0 bridgehead atoms. The molecule has 0 aromatic carbocycles. The molecule has 0 radical (unpaired) electrons. The van der Waals surface area contributed by atoms with Gasteiger partial charge in [-0.25, -0.2) is 19.3 Å². The zero-order chi connectivity index (χ0) is 23.4. The van der Waals surface area contributed by atoms with E-state index in [1.54, 1.807) is 13.1 Å². The minimum Gasteiger partial charge on any atom is -0.373 e. The normalized spacial score (nSPS) is 20.9. The summed E-state index contributed by atoms with van der Waals surface area (Å²) in [4.78, 5) is 25.5. The maximum absolute atomic E-state index is 14.7. The number of rotatable bonds is 7. The van der Waals surface area contributed by atoms with Crippen molar-refractivity contribution in [3.8, 4) is 0 Å². The summed E-state index contributed by atoms with van der Waals surface area (Å²) in [6.45, 7) is 4.09. The monoisotopic (exact) mass is 472 g/mol. The Labute approximate surface area is 198 Å². The number of carbonyl (C=O) groups is 1. The van der Waals surface area contributed by atoms with E-state index in [0.717, 1.165) is 57.6 Å². The molecule has 33 heavy (non-hydrogen) atoms. The van der Waals surface area contributed by atoms with Crippen LogP contribution in [0.1, 0.15) is 62.8 Å². The average molecular weight is 473 g/mol. The first-order valence-electron chi connectivity index (χ1n) is 11.6. The minimum atomic E-state index is -0.545. The summed E-state index contributed by atoms with van der Waals surface area (Å²) in [5, 5.41) is 9.91. The summed E-state index contributed by atoms with van der Waals surface area (Å²) in [6.07, 6.45) is 10.6. The van der Waals surface area contributed by atoms with Gasteiger partial charge in [0.05, 0.1) is 11.2 Å². The van der Waals surface area contributed by atoms with Crippen molar-refractivity contribution in [1.82, 2.24) is 20.3 Å². The van der Waals surface area contributed by atoms with Crippen molar-refractivity contribution >= 4 is 34.7 Å². The quantitative estimate of drug-likeness (QED) is 0.536. The van der Waals surface area contributed by atoms with Crippen LogP contribution < -0.4 is 16.0 Å². The molecule has 9 heteroatoms. The summed E-state index contributed by atoms with van der Waals surface area (Å²) in [7, 11) is 1.74. The highest BCUT2D eigenvalue weighted by molar-refractivity contribution is 6.30. The Morgan fingerprint density at radius 2 is 1.76 bits per heavy atom. The number of anilines is 2. The van der Waals surface area contributed by atoms with Crippen LogP contribution in [0.15, 0.2) is 25.0 Å². The lowest BCUT2D eigenvalue weighted by Gasteiger charge is -2.34. The lowest BCUT2D eigenvalue weighted by molar-refractivity contribution is -0.125. The second-order valence-electron chi connectivity index (χ2n) is 8.80. The fourth-order valence-electron chi connectivity index (χ4n) is 4.74. The molecule has 2 aliphatic rings. The van der Waals surface area contributed by atoms with Crippen molar-refractivity contribution in [1.29, 1.82) is 0 Å². The summed E-state index contributed by atoms with van der Waals surface area (Å²) < 4.78 is 14.7. The highest BCUT2D eigenvalue weighted by Crippen LogP contribution is 2.30. The molecule has 3 N–H and O–H groups in total. The van der Waals surface area contributed by atoms with Gasteiger partial charge in [0.1, 0.15) is 5.82 Å². The van der Waals surface area contributed by atoms with E-state index in [4.69, 9.17) is 11.6 Å². The number of pyridine rings is 1. The van der Waals surface area contributed by atoms with Crippen LogP contribution in [-0.4, -0.2) is 40.0 Å². The standard InChI is InChI=1S/C24H30ClFN6O/c1-14(17-11-16(25)12-28-22(17)27-2)21-29-13-18(26)23(32-21)30-19-9-5-6-10-20(19)31-24(33)15-7-3-4-8-15/h11-13,15,19-20H,1,3-10H2,2H3,(H,27,28)(H,31,33)(H,29,30,32)/t19?,20-/m1/s1. The molecule has 7 nitrogen and oxygen atoms in total. The minimum absolute atomic E-state index is 0.0547. The van der Waals surface area contributed by atoms with E-state index in [1.807, 2.05) is 0 Å². The van der Waals surface area contributed by atoms with Crippen LogP contribution in [0.25, 0.3) is 5.57 Å². The van der Waals surface area contributed by atoms with E-state index in [1.165, 1.54) is 6.20 Å². The van der Waals surface area contributed by atoms with Gasteiger partial charge in [0.15, 0.2) is 17.5 Å². The van der Waals surface area contributed by atoms with Crippen LogP contribution in [0.5, 0.6) is 0 Å². The Balaban J connectivity index is 1.53. The first kappa shape index (κ1) is 23.4. The van der Waals surface area contributed by atoms with Crippen LogP contribution in [-0.2, 0) is 4.79 Å². The van der Waals surface area contributed by atoms with Gasteiger partial charge in [-0.05, 0) is 31.7 Å². The van der Waals surface area contributed by atoms with Crippen LogP contribution in [0.3, 0.4) is 0 Å². The molecule has 2 saturated carbocycles. The molecule has 2 aromatic heterocycles. The SMILES string of the molecule is C=C(c1ncc(F)c(NC2CCCC[C@H]2NC(=O)C2CCCC2)n1)c1cc(Cl)cnc1NC. The maximum Gasteiger partial charge on any atom is 0.223 e. The molecule has 0 aliphatic heterocycles. The smallest absolute Gasteiger partial charge is 0.223 e. The van der Waals surface area contributed by atoms with Crippen LogP contribution in [0, 0.1) is 11.7 Å². The van der Waals surface area contributed by atoms with Gasteiger partial charge < -0.3 is 16.0 Å². The molecular weight excluding hydrogens is 443 g/mol. The van der Waals surface area contributed by atoms with Crippen molar-refractivity contribution in [2.45, 2.75) is 63.5 Å². The summed E-state index contributed by atoms with van der Waals surface area (Å²) in [6, 6.07) is 1.56. The van der Waals surface area contributed by atoms with Gasteiger partial charge in [-0.1, -0.05) is 43.9 Å². The number of aromatic nitrogens is 3. The third kappa shape index (κ3) is 5.43. The molecule has 0 saturated heterocycles. The van der Waals surface area contributed by atoms with Gasteiger partial charge in [0, 0.05) is 42.4 Å². The van der Waals surface area contributed by atoms with E-state index >= 15 is 0 Å². The van der Waals surface area contributed by atoms with E-state index in [9.17, 15) is 9.18 Å². The zero-order valence-electron chi connectivity index (χ0n) is 18.8. The van der Waals surface area contributed by atoms with E-state index in [2.05, 4.69) is 37.5 Å². The predicted molar refractivity (Wildman–Crippen MR) is 129 cm³/mol. The van der Waals surface area contributed by atoms with Crippen molar-refractivity contribution in [3.05, 3.63) is 47.3 Å². The second kappa shape index (κ2) is 10.5. The fourth-order valence-corrected chi connectivity index (χ4v) is 4.90. The molecule has 2 aliphatic carbocycles. The Morgan fingerprint density at radius 3 is 2.48 bits per heavy atom. The second-order valence-corrected chi connectivity index (χ2v) is 9.24. The first-order chi connectivity index (χ1) is 16.0.